The number of Topliss-reactive ketones (excluding diaryl/α,β-unsaturated/α-hetero) is 1. The summed E-state index contributed by atoms with van der Waals surface area (Å²) in [6, 6.07) is 0. The zero-order chi connectivity index (χ0) is 11.3. The van der Waals surface area contributed by atoms with Crippen LogP contribution in [0.3, 0.4) is 0 Å². The molecule has 0 unspecified atom stereocenters. The van der Waals surface area contributed by atoms with E-state index >= 15 is 0 Å². The molecule has 0 atom stereocenters. The quantitative estimate of drug-likeness (QED) is 0.560. The number of hydrogen-bond acceptors (Lipinski definition) is 2. The van der Waals surface area contributed by atoms with Crippen molar-refractivity contribution in [3.63, 3.8) is 0 Å². The van der Waals surface area contributed by atoms with Gasteiger partial charge in [0.2, 0.25) is 5.78 Å². The van der Waals surface area contributed by atoms with E-state index in [9.17, 15) is 9.59 Å². The number of carbonyl (C=O) groups is 2. The average molecular weight is 210 g/mol. The lowest BCUT2D eigenvalue weighted by Crippen LogP contribution is -2.29. The first-order chi connectivity index (χ1) is 7.09. The lowest BCUT2D eigenvalue weighted by Gasteiger charge is -2.35. The minimum absolute atomic E-state index is 0.116. The SMILES string of the molecule is C=CCC1(CC(=O)C(=O)O)CCCCC1. The molecule has 1 rings (SSSR count). The summed E-state index contributed by atoms with van der Waals surface area (Å²) in [5.74, 6) is -1.96. The highest BCUT2D eigenvalue weighted by Gasteiger charge is 2.34. The summed E-state index contributed by atoms with van der Waals surface area (Å²) in [4.78, 5) is 21.8. The van der Waals surface area contributed by atoms with E-state index in [0.717, 1.165) is 32.1 Å². The van der Waals surface area contributed by atoms with Crippen LogP contribution in [0.1, 0.15) is 44.9 Å². The summed E-state index contributed by atoms with van der Waals surface area (Å²) in [7, 11) is 0. The van der Waals surface area contributed by atoms with Crippen LogP contribution in [-0.4, -0.2) is 16.9 Å². The lowest BCUT2D eigenvalue weighted by atomic mass is 9.69. The van der Waals surface area contributed by atoms with Crippen LogP contribution < -0.4 is 0 Å². The maximum absolute atomic E-state index is 11.3. The van der Waals surface area contributed by atoms with Crippen molar-refractivity contribution in [1.82, 2.24) is 0 Å². The smallest absolute Gasteiger partial charge is 0.372 e. The van der Waals surface area contributed by atoms with E-state index in [1.165, 1.54) is 6.42 Å². The van der Waals surface area contributed by atoms with Crippen LogP contribution in [0.5, 0.6) is 0 Å². The Labute approximate surface area is 90.2 Å². The van der Waals surface area contributed by atoms with E-state index in [2.05, 4.69) is 6.58 Å². The molecule has 3 nitrogen and oxygen atoms in total. The molecule has 0 spiro atoms. The molecule has 1 N–H and O–H groups in total. The third-order valence-electron chi connectivity index (χ3n) is 3.27. The zero-order valence-corrected chi connectivity index (χ0v) is 9.00. The minimum atomic E-state index is -1.30. The Morgan fingerprint density at radius 1 is 1.27 bits per heavy atom. The second-order valence-electron chi connectivity index (χ2n) is 4.46. The van der Waals surface area contributed by atoms with Gasteiger partial charge in [0.15, 0.2) is 0 Å². The summed E-state index contributed by atoms with van der Waals surface area (Å²) in [6.07, 6.45) is 8.04. The normalized spacial score (nSPS) is 19.5. The zero-order valence-electron chi connectivity index (χ0n) is 9.00. The molecule has 1 fully saturated rings. The van der Waals surface area contributed by atoms with Gasteiger partial charge in [0, 0.05) is 6.42 Å². The van der Waals surface area contributed by atoms with E-state index in [0.29, 0.717) is 0 Å². The summed E-state index contributed by atoms with van der Waals surface area (Å²) in [6.45, 7) is 3.69. The molecule has 15 heavy (non-hydrogen) atoms. The number of carboxylic acid groups (broad SMARTS) is 1. The topological polar surface area (TPSA) is 54.4 Å². The number of rotatable bonds is 5. The minimum Gasteiger partial charge on any atom is -0.476 e. The molecule has 0 aromatic rings. The van der Waals surface area contributed by atoms with Gasteiger partial charge in [0.1, 0.15) is 0 Å². The highest BCUT2D eigenvalue weighted by Crippen LogP contribution is 2.42. The molecule has 84 valence electrons. The monoisotopic (exact) mass is 210 g/mol. The Morgan fingerprint density at radius 3 is 2.33 bits per heavy atom. The van der Waals surface area contributed by atoms with E-state index in [1.54, 1.807) is 6.08 Å². The van der Waals surface area contributed by atoms with E-state index in [1.807, 2.05) is 0 Å². The van der Waals surface area contributed by atoms with Crippen molar-refractivity contribution in [1.29, 1.82) is 0 Å². The maximum Gasteiger partial charge on any atom is 0.372 e. The van der Waals surface area contributed by atoms with Crippen LogP contribution in [0.2, 0.25) is 0 Å². The summed E-state index contributed by atoms with van der Waals surface area (Å²) in [5, 5.41) is 8.62. The maximum atomic E-state index is 11.3. The van der Waals surface area contributed by atoms with Crippen molar-refractivity contribution in [3.8, 4) is 0 Å². The summed E-state index contributed by atoms with van der Waals surface area (Å²) < 4.78 is 0. The third kappa shape index (κ3) is 3.18. The van der Waals surface area contributed by atoms with Gasteiger partial charge in [-0.1, -0.05) is 25.3 Å². The van der Waals surface area contributed by atoms with E-state index in [-0.39, 0.29) is 11.8 Å². The molecule has 0 radical (unpaired) electrons. The molecule has 1 saturated carbocycles. The number of hydrogen-bond donors (Lipinski definition) is 1. The number of allylic oxidation sites excluding steroid dienone is 1. The highest BCUT2D eigenvalue weighted by molar-refractivity contribution is 6.32. The fraction of sp³-hybridized carbons (Fsp3) is 0.667. The van der Waals surface area contributed by atoms with Crippen molar-refractivity contribution in [2.45, 2.75) is 44.9 Å². The van der Waals surface area contributed by atoms with Crippen molar-refractivity contribution in [2.75, 3.05) is 0 Å². The van der Waals surface area contributed by atoms with Crippen LogP contribution in [0.4, 0.5) is 0 Å². The van der Waals surface area contributed by atoms with Crippen LogP contribution in [-0.2, 0) is 9.59 Å². The van der Waals surface area contributed by atoms with Gasteiger partial charge in [0.05, 0.1) is 0 Å². The molecule has 1 aliphatic carbocycles. The van der Waals surface area contributed by atoms with Crippen LogP contribution >= 0.6 is 0 Å². The number of carboxylic acids is 1. The Bertz CT molecular complexity index is 262. The van der Waals surface area contributed by atoms with Crippen molar-refractivity contribution in [2.24, 2.45) is 5.41 Å². The molecule has 0 aromatic carbocycles. The standard InChI is InChI=1S/C12H18O3/c1-2-6-12(7-4-3-5-8-12)9-10(13)11(14)15/h2H,1,3-9H2,(H,14,15). The van der Waals surface area contributed by atoms with E-state index in [4.69, 9.17) is 5.11 Å². The fourth-order valence-electron chi connectivity index (χ4n) is 2.48. The molecule has 0 aromatic heterocycles. The Hall–Kier alpha value is -1.12. The van der Waals surface area contributed by atoms with Gasteiger partial charge in [-0.2, -0.15) is 0 Å². The van der Waals surface area contributed by atoms with Gasteiger partial charge in [-0.15, -0.1) is 6.58 Å². The summed E-state index contributed by atoms with van der Waals surface area (Å²) >= 11 is 0. The molecule has 0 saturated heterocycles. The van der Waals surface area contributed by atoms with Crippen LogP contribution in [0, 0.1) is 5.41 Å². The van der Waals surface area contributed by atoms with Gasteiger partial charge in [-0.05, 0) is 24.7 Å². The molecule has 0 heterocycles. The largest absolute Gasteiger partial charge is 0.476 e. The average Bonchev–Trinajstić information content (AvgIpc) is 2.19. The molecule has 0 amide bonds. The highest BCUT2D eigenvalue weighted by atomic mass is 16.4. The Kier molecular flexibility index (Phi) is 4.06. The van der Waals surface area contributed by atoms with Gasteiger partial charge in [-0.25, -0.2) is 4.79 Å². The van der Waals surface area contributed by atoms with Crippen molar-refractivity contribution >= 4 is 11.8 Å². The van der Waals surface area contributed by atoms with Crippen LogP contribution in [0.15, 0.2) is 12.7 Å². The van der Waals surface area contributed by atoms with Gasteiger partial charge >= 0.3 is 5.97 Å². The molecule has 0 bridgehead atoms. The lowest BCUT2D eigenvalue weighted by molar-refractivity contribution is -0.150. The Morgan fingerprint density at radius 2 is 1.87 bits per heavy atom. The first-order valence-corrected chi connectivity index (χ1v) is 5.47. The second-order valence-corrected chi connectivity index (χ2v) is 4.46. The van der Waals surface area contributed by atoms with Gasteiger partial charge in [-0.3, -0.25) is 4.79 Å². The first-order valence-electron chi connectivity index (χ1n) is 5.47. The number of aliphatic carboxylic acids is 1. The van der Waals surface area contributed by atoms with E-state index < -0.39 is 11.8 Å². The predicted molar refractivity (Wildman–Crippen MR) is 57.6 cm³/mol. The third-order valence-corrected chi connectivity index (χ3v) is 3.27. The molecule has 0 aliphatic heterocycles. The number of ketones is 1. The molecule has 1 aliphatic rings. The van der Waals surface area contributed by atoms with Crippen LogP contribution in [0.25, 0.3) is 0 Å². The predicted octanol–water partition coefficient (Wildman–Crippen LogP) is 2.56. The van der Waals surface area contributed by atoms with Gasteiger partial charge < -0.3 is 5.11 Å². The van der Waals surface area contributed by atoms with Crippen molar-refractivity contribution in [3.05, 3.63) is 12.7 Å². The first kappa shape index (κ1) is 12.0. The Balaban J connectivity index is 2.67. The number of carbonyl (C=O) groups excluding carboxylic acids is 1. The van der Waals surface area contributed by atoms with Crippen molar-refractivity contribution < 1.29 is 14.7 Å². The fourth-order valence-corrected chi connectivity index (χ4v) is 2.48. The second kappa shape index (κ2) is 5.10. The molecular formula is C12H18O3. The summed E-state index contributed by atoms with van der Waals surface area (Å²) in [5.41, 5.74) is -0.116. The molecule has 3 heteroatoms. The van der Waals surface area contributed by atoms with Gasteiger partial charge in [0.25, 0.3) is 0 Å². The molecular weight excluding hydrogens is 192 g/mol.